The van der Waals surface area contributed by atoms with Crippen LogP contribution in [0.25, 0.3) is 0 Å². The summed E-state index contributed by atoms with van der Waals surface area (Å²) in [6, 6.07) is 6.94. The Morgan fingerprint density at radius 2 is 1.88 bits per heavy atom. The summed E-state index contributed by atoms with van der Waals surface area (Å²) in [5.74, 6) is 0.783. The molecule has 0 aliphatic heterocycles. The zero-order valence-corrected chi connectivity index (χ0v) is 12.3. The lowest BCUT2D eigenvalue weighted by Crippen LogP contribution is -2.16. The van der Waals surface area contributed by atoms with Crippen LogP contribution in [0.15, 0.2) is 22.7 Å². The van der Waals surface area contributed by atoms with Crippen LogP contribution in [0.5, 0.6) is 0 Å². The van der Waals surface area contributed by atoms with E-state index in [1.54, 1.807) is 0 Å². The van der Waals surface area contributed by atoms with Crippen molar-refractivity contribution in [1.29, 1.82) is 0 Å². The van der Waals surface area contributed by atoms with Crippen molar-refractivity contribution in [2.75, 3.05) is 5.32 Å². The standard InChI is InChI=1S/C14H22BrN/c1-10(2)5-7-12(4)16-14-9-11(3)6-8-13(14)15/h6,8-10,12,16H,5,7H2,1-4H3. The van der Waals surface area contributed by atoms with Crippen molar-refractivity contribution in [1.82, 2.24) is 0 Å². The first kappa shape index (κ1) is 13.6. The third kappa shape index (κ3) is 4.56. The molecule has 1 atom stereocenters. The van der Waals surface area contributed by atoms with Crippen LogP contribution in [0.2, 0.25) is 0 Å². The minimum absolute atomic E-state index is 0.528. The number of nitrogens with one attached hydrogen (secondary N) is 1. The van der Waals surface area contributed by atoms with E-state index in [-0.39, 0.29) is 0 Å². The van der Waals surface area contributed by atoms with Crippen LogP contribution >= 0.6 is 15.9 Å². The van der Waals surface area contributed by atoms with E-state index in [2.05, 4.69) is 67.1 Å². The maximum Gasteiger partial charge on any atom is 0.0489 e. The monoisotopic (exact) mass is 283 g/mol. The third-order valence-corrected chi connectivity index (χ3v) is 3.39. The topological polar surface area (TPSA) is 12.0 Å². The van der Waals surface area contributed by atoms with Gasteiger partial charge in [-0.1, -0.05) is 19.9 Å². The van der Waals surface area contributed by atoms with Crippen LogP contribution in [-0.2, 0) is 0 Å². The van der Waals surface area contributed by atoms with E-state index >= 15 is 0 Å². The molecule has 1 rings (SSSR count). The molecule has 16 heavy (non-hydrogen) atoms. The molecule has 1 aromatic rings. The summed E-state index contributed by atoms with van der Waals surface area (Å²) >= 11 is 3.58. The zero-order chi connectivity index (χ0) is 12.1. The van der Waals surface area contributed by atoms with Crippen LogP contribution in [0.4, 0.5) is 5.69 Å². The molecule has 0 bridgehead atoms. The van der Waals surface area contributed by atoms with Gasteiger partial charge in [0.25, 0.3) is 0 Å². The third-order valence-electron chi connectivity index (χ3n) is 2.70. The Labute approximate surface area is 108 Å². The number of rotatable bonds is 5. The zero-order valence-electron chi connectivity index (χ0n) is 10.7. The highest BCUT2D eigenvalue weighted by Crippen LogP contribution is 2.24. The highest BCUT2D eigenvalue weighted by molar-refractivity contribution is 9.10. The van der Waals surface area contributed by atoms with Gasteiger partial charge in [0.1, 0.15) is 0 Å². The molecule has 2 heteroatoms. The number of hydrogen-bond acceptors (Lipinski definition) is 1. The minimum atomic E-state index is 0.528. The number of anilines is 1. The molecule has 0 fully saturated rings. The Balaban J connectivity index is 2.55. The molecule has 0 spiro atoms. The molecule has 1 N–H and O–H groups in total. The van der Waals surface area contributed by atoms with Gasteiger partial charge in [-0.3, -0.25) is 0 Å². The molecule has 0 aromatic heterocycles. The normalized spacial score (nSPS) is 12.9. The van der Waals surface area contributed by atoms with Crippen molar-refractivity contribution in [3.63, 3.8) is 0 Å². The fourth-order valence-corrected chi connectivity index (χ4v) is 2.03. The molecule has 0 aliphatic carbocycles. The average Bonchev–Trinajstić information content (AvgIpc) is 2.20. The molecule has 1 nitrogen and oxygen atoms in total. The van der Waals surface area contributed by atoms with Crippen molar-refractivity contribution in [3.8, 4) is 0 Å². The summed E-state index contributed by atoms with van der Waals surface area (Å²) in [6.45, 7) is 8.91. The summed E-state index contributed by atoms with van der Waals surface area (Å²) < 4.78 is 1.15. The van der Waals surface area contributed by atoms with E-state index in [0.29, 0.717) is 6.04 Å². The Bertz CT molecular complexity index is 334. The summed E-state index contributed by atoms with van der Waals surface area (Å²) in [7, 11) is 0. The molecule has 0 radical (unpaired) electrons. The van der Waals surface area contributed by atoms with Gasteiger partial charge in [0, 0.05) is 16.2 Å². The second-order valence-corrected chi connectivity index (χ2v) is 5.85. The van der Waals surface area contributed by atoms with Crippen LogP contribution in [-0.4, -0.2) is 6.04 Å². The Hall–Kier alpha value is -0.500. The van der Waals surface area contributed by atoms with E-state index in [1.807, 2.05) is 0 Å². The summed E-state index contributed by atoms with van der Waals surface area (Å²) in [5, 5.41) is 3.56. The van der Waals surface area contributed by atoms with Gasteiger partial charge in [0.15, 0.2) is 0 Å². The predicted molar refractivity (Wildman–Crippen MR) is 76.0 cm³/mol. The van der Waals surface area contributed by atoms with E-state index in [0.717, 1.165) is 10.4 Å². The van der Waals surface area contributed by atoms with Gasteiger partial charge >= 0.3 is 0 Å². The van der Waals surface area contributed by atoms with E-state index < -0.39 is 0 Å². The first-order valence-corrected chi connectivity index (χ1v) is 6.81. The second-order valence-electron chi connectivity index (χ2n) is 5.00. The quantitative estimate of drug-likeness (QED) is 0.802. The van der Waals surface area contributed by atoms with Crippen LogP contribution in [0, 0.1) is 12.8 Å². The van der Waals surface area contributed by atoms with Gasteiger partial charge in [-0.05, 0) is 66.2 Å². The highest BCUT2D eigenvalue weighted by atomic mass is 79.9. The molecule has 0 aliphatic rings. The lowest BCUT2D eigenvalue weighted by molar-refractivity contribution is 0.527. The van der Waals surface area contributed by atoms with Gasteiger partial charge in [-0.2, -0.15) is 0 Å². The van der Waals surface area contributed by atoms with Gasteiger partial charge in [0.2, 0.25) is 0 Å². The van der Waals surface area contributed by atoms with Crippen LogP contribution in [0.1, 0.15) is 39.2 Å². The molecule has 1 aromatic carbocycles. The molecule has 90 valence electrons. The predicted octanol–water partition coefficient (Wildman–Crippen LogP) is 4.99. The molecule has 0 heterocycles. The van der Waals surface area contributed by atoms with Gasteiger partial charge in [-0.25, -0.2) is 0 Å². The van der Waals surface area contributed by atoms with Gasteiger partial charge in [0.05, 0.1) is 0 Å². The van der Waals surface area contributed by atoms with Gasteiger partial charge < -0.3 is 5.32 Å². The fraction of sp³-hybridized carbons (Fsp3) is 0.571. The first-order valence-electron chi connectivity index (χ1n) is 6.01. The first-order chi connectivity index (χ1) is 7.49. The van der Waals surface area contributed by atoms with Crippen molar-refractivity contribution >= 4 is 21.6 Å². The molecular formula is C14H22BrN. The highest BCUT2D eigenvalue weighted by Gasteiger charge is 2.06. The number of aryl methyl sites for hydroxylation is 1. The lowest BCUT2D eigenvalue weighted by atomic mass is 10.0. The molecule has 0 saturated carbocycles. The van der Waals surface area contributed by atoms with E-state index in [4.69, 9.17) is 0 Å². The van der Waals surface area contributed by atoms with Crippen molar-refractivity contribution in [2.24, 2.45) is 5.92 Å². The largest absolute Gasteiger partial charge is 0.382 e. The SMILES string of the molecule is Cc1ccc(Br)c(NC(C)CCC(C)C)c1. The number of benzene rings is 1. The summed E-state index contributed by atoms with van der Waals surface area (Å²) in [4.78, 5) is 0. The summed E-state index contributed by atoms with van der Waals surface area (Å²) in [6.07, 6.45) is 2.50. The summed E-state index contributed by atoms with van der Waals surface area (Å²) in [5.41, 5.74) is 2.50. The van der Waals surface area contributed by atoms with E-state index in [1.165, 1.54) is 24.1 Å². The minimum Gasteiger partial charge on any atom is -0.382 e. The van der Waals surface area contributed by atoms with E-state index in [9.17, 15) is 0 Å². The maximum absolute atomic E-state index is 3.58. The van der Waals surface area contributed by atoms with Crippen LogP contribution < -0.4 is 5.32 Å². The Morgan fingerprint density at radius 3 is 2.50 bits per heavy atom. The Morgan fingerprint density at radius 1 is 1.19 bits per heavy atom. The molecule has 1 unspecified atom stereocenters. The van der Waals surface area contributed by atoms with Crippen molar-refractivity contribution in [3.05, 3.63) is 28.2 Å². The smallest absolute Gasteiger partial charge is 0.0489 e. The van der Waals surface area contributed by atoms with Crippen molar-refractivity contribution in [2.45, 2.75) is 46.6 Å². The number of halogens is 1. The lowest BCUT2D eigenvalue weighted by Gasteiger charge is -2.17. The Kier molecular flexibility index (Phi) is 5.33. The molecular weight excluding hydrogens is 262 g/mol. The molecule has 0 saturated heterocycles. The maximum atomic E-state index is 3.58. The van der Waals surface area contributed by atoms with Crippen molar-refractivity contribution < 1.29 is 0 Å². The van der Waals surface area contributed by atoms with Crippen LogP contribution in [0.3, 0.4) is 0 Å². The second kappa shape index (κ2) is 6.29. The average molecular weight is 284 g/mol. The van der Waals surface area contributed by atoms with Gasteiger partial charge in [-0.15, -0.1) is 0 Å². The molecule has 0 amide bonds. The fourth-order valence-electron chi connectivity index (χ4n) is 1.67. The number of hydrogen-bond donors (Lipinski definition) is 1.